The molecule has 0 aliphatic heterocycles. The Morgan fingerprint density at radius 3 is 2.62 bits per heavy atom. The Bertz CT molecular complexity index is 732. The zero-order valence-corrected chi connectivity index (χ0v) is 12.4. The molecule has 0 aliphatic rings. The van der Waals surface area contributed by atoms with Crippen LogP contribution in [0.1, 0.15) is 15.9 Å². The van der Waals surface area contributed by atoms with E-state index >= 15 is 0 Å². The molecule has 0 saturated heterocycles. The lowest BCUT2D eigenvalue weighted by Crippen LogP contribution is -2.13. The van der Waals surface area contributed by atoms with Gasteiger partial charge in [0.2, 0.25) is 0 Å². The number of carbonyl (C=O) groups excluding carboxylic acids is 1. The molecule has 0 atom stereocenters. The van der Waals surface area contributed by atoms with E-state index in [2.05, 4.69) is 5.32 Å². The van der Waals surface area contributed by atoms with Crippen molar-refractivity contribution in [3.63, 3.8) is 0 Å². The first-order valence-electron chi connectivity index (χ1n) is 5.90. The van der Waals surface area contributed by atoms with Crippen LogP contribution in [0.5, 0.6) is 0 Å². The highest BCUT2D eigenvalue weighted by Gasteiger charge is 2.17. The van der Waals surface area contributed by atoms with Gasteiger partial charge in [0.25, 0.3) is 11.6 Å². The van der Waals surface area contributed by atoms with E-state index in [1.54, 1.807) is 19.1 Å². The Labute approximate surface area is 130 Å². The second kappa shape index (κ2) is 6.11. The first-order valence-corrected chi connectivity index (χ1v) is 6.66. The lowest BCUT2D eigenvalue weighted by molar-refractivity contribution is -0.385. The van der Waals surface area contributed by atoms with Gasteiger partial charge in [0.1, 0.15) is 0 Å². The Balaban J connectivity index is 2.34. The maximum Gasteiger partial charge on any atom is 0.274 e. The summed E-state index contributed by atoms with van der Waals surface area (Å²) in [5.74, 6) is -0.480. The van der Waals surface area contributed by atoms with Crippen LogP contribution in [0, 0.1) is 17.0 Å². The van der Waals surface area contributed by atoms with E-state index in [1.165, 1.54) is 24.3 Å². The van der Waals surface area contributed by atoms with Crippen molar-refractivity contribution in [2.75, 3.05) is 5.32 Å². The number of halogens is 2. The third-order valence-electron chi connectivity index (χ3n) is 2.92. The second-order valence-corrected chi connectivity index (χ2v) is 5.13. The van der Waals surface area contributed by atoms with Crippen LogP contribution in [-0.4, -0.2) is 10.8 Å². The van der Waals surface area contributed by atoms with Gasteiger partial charge in [-0.15, -0.1) is 0 Å². The van der Waals surface area contributed by atoms with Crippen molar-refractivity contribution in [1.82, 2.24) is 0 Å². The fourth-order valence-corrected chi connectivity index (χ4v) is 2.19. The summed E-state index contributed by atoms with van der Waals surface area (Å²) in [5, 5.41) is 14.1. The van der Waals surface area contributed by atoms with Crippen LogP contribution in [0.2, 0.25) is 10.0 Å². The quantitative estimate of drug-likeness (QED) is 0.669. The molecular weight excluding hydrogens is 315 g/mol. The van der Waals surface area contributed by atoms with E-state index in [0.29, 0.717) is 16.3 Å². The molecule has 5 nitrogen and oxygen atoms in total. The van der Waals surface area contributed by atoms with Crippen LogP contribution in [-0.2, 0) is 0 Å². The number of nitrogens with one attached hydrogen (secondary N) is 1. The zero-order valence-electron chi connectivity index (χ0n) is 10.9. The Kier molecular flexibility index (Phi) is 4.45. The standard InChI is InChI=1S/C14H10Cl2N2O3/c1-8-12(3-2-4-13(8)18(20)21)17-14(19)10-7-9(15)5-6-11(10)16/h2-7H,1H3,(H,17,19). The summed E-state index contributed by atoms with van der Waals surface area (Å²) in [6, 6.07) is 8.97. The molecular formula is C14H10Cl2N2O3. The molecule has 0 saturated carbocycles. The smallest absolute Gasteiger partial charge is 0.274 e. The number of nitrogens with zero attached hydrogens (tertiary/aromatic N) is 1. The molecule has 0 bridgehead atoms. The predicted octanol–water partition coefficient (Wildman–Crippen LogP) is 4.46. The molecule has 0 radical (unpaired) electrons. The second-order valence-electron chi connectivity index (χ2n) is 4.29. The summed E-state index contributed by atoms with van der Waals surface area (Å²) in [4.78, 5) is 22.6. The molecule has 0 heterocycles. The molecule has 108 valence electrons. The van der Waals surface area contributed by atoms with Gasteiger partial charge >= 0.3 is 0 Å². The minimum Gasteiger partial charge on any atom is -0.321 e. The molecule has 2 aromatic carbocycles. The van der Waals surface area contributed by atoms with Gasteiger partial charge in [0.05, 0.1) is 26.8 Å². The molecule has 21 heavy (non-hydrogen) atoms. The lowest BCUT2D eigenvalue weighted by atomic mass is 10.1. The van der Waals surface area contributed by atoms with Crippen molar-refractivity contribution in [1.29, 1.82) is 0 Å². The largest absolute Gasteiger partial charge is 0.321 e. The van der Waals surface area contributed by atoms with E-state index in [4.69, 9.17) is 23.2 Å². The van der Waals surface area contributed by atoms with Crippen LogP contribution >= 0.6 is 23.2 Å². The Morgan fingerprint density at radius 1 is 1.24 bits per heavy atom. The van der Waals surface area contributed by atoms with E-state index in [-0.39, 0.29) is 16.3 Å². The molecule has 0 unspecified atom stereocenters. The van der Waals surface area contributed by atoms with Crippen LogP contribution in [0.25, 0.3) is 0 Å². The number of nitro benzene ring substituents is 1. The number of anilines is 1. The predicted molar refractivity (Wildman–Crippen MR) is 82.2 cm³/mol. The number of benzene rings is 2. The molecule has 0 aromatic heterocycles. The normalized spacial score (nSPS) is 10.2. The van der Waals surface area contributed by atoms with Gasteiger partial charge in [-0.05, 0) is 31.2 Å². The summed E-state index contributed by atoms with van der Waals surface area (Å²) in [6.45, 7) is 1.56. The van der Waals surface area contributed by atoms with E-state index in [9.17, 15) is 14.9 Å². The highest BCUT2D eigenvalue weighted by Crippen LogP contribution is 2.27. The van der Waals surface area contributed by atoms with Gasteiger partial charge in [0, 0.05) is 11.1 Å². The minimum absolute atomic E-state index is 0.0648. The summed E-state index contributed by atoms with van der Waals surface area (Å²) < 4.78 is 0. The van der Waals surface area contributed by atoms with Crippen molar-refractivity contribution in [2.24, 2.45) is 0 Å². The minimum atomic E-state index is -0.503. The van der Waals surface area contributed by atoms with Crippen molar-refractivity contribution < 1.29 is 9.72 Å². The lowest BCUT2D eigenvalue weighted by Gasteiger charge is -2.09. The topological polar surface area (TPSA) is 72.2 Å². The highest BCUT2D eigenvalue weighted by molar-refractivity contribution is 6.36. The van der Waals surface area contributed by atoms with Gasteiger partial charge in [-0.25, -0.2) is 0 Å². The molecule has 7 heteroatoms. The van der Waals surface area contributed by atoms with E-state index in [1.807, 2.05) is 0 Å². The molecule has 2 aromatic rings. The molecule has 0 fully saturated rings. The molecule has 1 amide bonds. The maximum absolute atomic E-state index is 12.2. The number of hydrogen-bond donors (Lipinski definition) is 1. The fraction of sp³-hybridized carbons (Fsp3) is 0.0714. The SMILES string of the molecule is Cc1c(NC(=O)c2cc(Cl)ccc2Cl)cccc1[N+](=O)[O-]. The first-order chi connectivity index (χ1) is 9.90. The summed E-state index contributed by atoms with van der Waals surface area (Å²) in [5.41, 5.74) is 0.860. The number of hydrogen-bond acceptors (Lipinski definition) is 3. The highest BCUT2D eigenvalue weighted by atomic mass is 35.5. The zero-order chi connectivity index (χ0) is 15.6. The van der Waals surface area contributed by atoms with Gasteiger partial charge in [-0.1, -0.05) is 29.3 Å². The van der Waals surface area contributed by atoms with Gasteiger partial charge in [0.15, 0.2) is 0 Å². The van der Waals surface area contributed by atoms with Gasteiger partial charge in [-0.3, -0.25) is 14.9 Å². The van der Waals surface area contributed by atoms with Crippen LogP contribution in [0.4, 0.5) is 11.4 Å². The van der Waals surface area contributed by atoms with Crippen LogP contribution < -0.4 is 5.32 Å². The Hall–Kier alpha value is -2.11. The number of rotatable bonds is 3. The first kappa shape index (κ1) is 15.3. The van der Waals surface area contributed by atoms with Crippen molar-refractivity contribution >= 4 is 40.5 Å². The van der Waals surface area contributed by atoms with E-state index < -0.39 is 10.8 Å². The Morgan fingerprint density at radius 2 is 1.95 bits per heavy atom. The maximum atomic E-state index is 12.2. The molecule has 2 rings (SSSR count). The summed E-state index contributed by atoms with van der Waals surface area (Å²) in [6.07, 6.45) is 0. The van der Waals surface area contributed by atoms with Crippen LogP contribution in [0.15, 0.2) is 36.4 Å². The van der Waals surface area contributed by atoms with Crippen molar-refractivity contribution in [2.45, 2.75) is 6.92 Å². The molecule has 1 N–H and O–H groups in total. The van der Waals surface area contributed by atoms with Crippen LogP contribution in [0.3, 0.4) is 0 Å². The number of nitro groups is 1. The van der Waals surface area contributed by atoms with Gasteiger partial charge in [-0.2, -0.15) is 0 Å². The average Bonchev–Trinajstić information content (AvgIpc) is 2.43. The number of carbonyl (C=O) groups is 1. The molecule has 0 aliphatic carbocycles. The third-order valence-corrected chi connectivity index (χ3v) is 3.49. The van der Waals surface area contributed by atoms with E-state index in [0.717, 1.165) is 0 Å². The average molecular weight is 325 g/mol. The third kappa shape index (κ3) is 3.32. The summed E-state index contributed by atoms with van der Waals surface area (Å²) >= 11 is 11.8. The van der Waals surface area contributed by atoms with Crippen molar-refractivity contribution in [3.8, 4) is 0 Å². The monoisotopic (exact) mass is 324 g/mol. The summed E-state index contributed by atoms with van der Waals surface area (Å²) in [7, 11) is 0. The number of amides is 1. The fourth-order valence-electron chi connectivity index (χ4n) is 1.82. The molecule has 0 spiro atoms. The van der Waals surface area contributed by atoms with Gasteiger partial charge < -0.3 is 5.32 Å². The van der Waals surface area contributed by atoms with Crippen molar-refractivity contribution in [3.05, 3.63) is 67.7 Å².